The molecule has 0 aliphatic carbocycles. The smallest absolute Gasteiger partial charge is 0.322 e. The number of hydrogen-bond acceptors (Lipinski definition) is 4. The van der Waals surface area contributed by atoms with Crippen LogP contribution in [0.3, 0.4) is 0 Å². The second-order valence-electron chi connectivity index (χ2n) is 2.54. The maximum Gasteiger partial charge on any atom is 0.322 e. The summed E-state index contributed by atoms with van der Waals surface area (Å²) in [5, 5.41) is 9.67. The molecule has 5 nitrogen and oxygen atoms in total. The van der Waals surface area contributed by atoms with Crippen LogP contribution in [0.15, 0.2) is 34.7 Å². The zero-order valence-electron chi connectivity index (χ0n) is 7.18. The van der Waals surface area contributed by atoms with Gasteiger partial charge in [0.25, 0.3) is 0 Å². The minimum atomic E-state index is 0.0962. The van der Waals surface area contributed by atoms with Gasteiger partial charge < -0.3 is 4.42 Å². The fraction of sp³-hybridized carbons (Fsp3) is 0. The summed E-state index contributed by atoms with van der Waals surface area (Å²) in [6.45, 7) is 0. The quantitative estimate of drug-likeness (QED) is 0.739. The Labute approximate surface area is 79.8 Å². The first-order valence-corrected chi connectivity index (χ1v) is 3.99. The summed E-state index contributed by atoms with van der Waals surface area (Å²) < 4.78 is 5.15. The number of anilines is 1. The molecule has 1 aromatic carbocycles. The van der Waals surface area contributed by atoms with Crippen molar-refractivity contribution in [2.45, 2.75) is 0 Å². The van der Waals surface area contributed by atoms with Crippen molar-refractivity contribution in [2.24, 2.45) is 0 Å². The predicted molar refractivity (Wildman–Crippen MR) is 49.4 cm³/mol. The lowest BCUT2D eigenvalue weighted by Gasteiger charge is -1.91. The lowest BCUT2D eigenvalue weighted by molar-refractivity contribution is -0.105. The monoisotopic (exact) mass is 189 g/mol. The Morgan fingerprint density at radius 1 is 1.21 bits per heavy atom. The van der Waals surface area contributed by atoms with E-state index in [0.717, 1.165) is 5.56 Å². The molecule has 5 heteroatoms. The Kier molecular flexibility index (Phi) is 2.22. The molecular formula is C9H7N3O2. The van der Waals surface area contributed by atoms with Gasteiger partial charge in [0.05, 0.1) is 0 Å². The van der Waals surface area contributed by atoms with Crippen molar-refractivity contribution < 1.29 is 9.21 Å². The molecule has 0 saturated heterocycles. The average Bonchev–Trinajstić information content (AvgIpc) is 2.68. The summed E-state index contributed by atoms with van der Waals surface area (Å²) in [5.74, 6) is 0.384. The molecule has 2 rings (SSSR count). The third-order valence-corrected chi connectivity index (χ3v) is 1.63. The van der Waals surface area contributed by atoms with E-state index in [0.29, 0.717) is 12.3 Å². The molecule has 70 valence electrons. The van der Waals surface area contributed by atoms with Crippen molar-refractivity contribution in [1.82, 2.24) is 10.2 Å². The molecule has 0 saturated carbocycles. The number of rotatable bonds is 3. The summed E-state index contributed by atoms with van der Waals surface area (Å²) in [6.07, 6.45) is 0.488. The van der Waals surface area contributed by atoms with Crippen LogP contribution >= 0.6 is 0 Å². The van der Waals surface area contributed by atoms with Gasteiger partial charge in [-0.25, -0.2) is 0 Å². The topological polar surface area (TPSA) is 68.0 Å². The molecule has 14 heavy (non-hydrogen) atoms. The van der Waals surface area contributed by atoms with Gasteiger partial charge >= 0.3 is 6.01 Å². The molecule has 1 amide bonds. The van der Waals surface area contributed by atoms with E-state index in [1.807, 2.05) is 30.3 Å². The first-order valence-electron chi connectivity index (χ1n) is 3.99. The molecule has 0 aliphatic heterocycles. The van der Waals surface area contributed by atoms with Gasteiger partial charge in [-0.15, -0.1) is 5.10 Å². The van der Waals surface area contributed by atoms with Gasteiger partial charge in [0, 0.05) is 5.56 Å². The van der Waals surface area contributed by atoms with Crippen LogP contribution in [0.2, 0.25) is 0 Å². The van der Waals surface area contributed by atoms with Crippen molar-refractivity contribution >= 4 is 12.4 Å². The normalized spacial score (nSPS) is 9.71. The van der Waals surface area contributed by atoms with E-state index < -0.39 is 0 Å². The molecule has 0 unspecified atom stereocenters. The second-order valence-corrected chi connectivity index (χ2v) is 2.54. The van der Waals surface area contributed by atoms with E-state index in [9.17, 15) is 4.79 Å². The Balaban J connectivity index is 2.29. The zero-order chi connectivity index (χ0) is 9.80. The summed E-state index contributed by atoms with van der Waals surface area (Å²) >= 11 is 0. The number of amides is 1. The summed E-state index contributed by atoms with van der Waals surface area (Å²) in [6, 6.07) is 9.42. The largest absolute Gasteiger partial charge is 0.403 e. The van der Waals surface area contributed by atoms with E-state index in [4.69, 9.17) is 4.42 Å². The number of hydrogen-bond donors (Lipinski definition) is 1. The predicted octanol–water partition coefficient (Wildman–Crippen LogP) is 1.30. The van der Waals surface area contributed by atoms with Gasteiger partial charge in [-0.3, -0.25) is 10.1 Å². The van der Waals surface area contributed by atoms with Gasteiger partial charge in [0.15, 0.2) is 0 Å². The number of benzene rings is 1. The lowest BCUT2D eigenvalue weighted by Crippen LogP contribution is -1.92. The maximum absolute atomic E-state index is 10.1. The van der Waals surface area contributed by atoms with E-state index in [2.05, 4.69) is 15.5 Å². The molecule has 1 aromatic heterocycles. The lowest BCUT2D eigenvalue weighted by atomic mass is 10.2. The van der Waals surface area contributed by atoms with Gasteiger partial charge in [-0.2, -0.15) is 0 Å². The Hall–Kier alpha value is -2.17. The van der Waals surface area contributed by atoms with Gasteiger partial charge in [-0.05, 0) is 12.1 Å². The van der Waals surface area contributed by atoms with Crippen molar-refractivity contribution in [2.75, 3.05) is 5.32 Å². The van der Waals surface area contributed by atoms with Crippen LogP contribution in [0.25, 0.3) is 11.5 Å². The third kappa shape index (κ3) is 1.61. The first kappa shape index (κ1) is 8.43. The molecular weight excluding hydrogens is 182 g/mol. The van der Waals surface area contributed by atoms with E-state index in [1.165, 1.54) is 0 Å². The highest BCUT2D eigenvalue weighted by molar-refractivity contribution is 5.66. The van der Waals surface area contributed by atoms with Crippen LogP contribution in [0, 0.1) is 0 Å². The van der Waals surface area contributed by atoms with Crippen LogP contribution in [0.1, 0.15) is 0 Å². The molecule has 0 atom stereocenters. The van der Waals surface area contributed by atoms with E-state index >= 15 is 0 Å². The summed E-state index contributed by atoms with van der Waals surface area (Å²) in [5.41, 5.74) is 0.818. The Bertz CT molecular complexity index is 425. The Morgan fingerprint density at radius 2 is 2.00 bits per heavy atom. The summed E-state index contributed by atoms with van der Waals surface area (Å²) in [4.78, 5) is 10.1. The minimum absolute atomic E-state index is 0.0962. The molecule has 0 fully saturated rings. The van der Waals surface area contributed by atoms with Crippen LogP contribution in [-0.2, 0) is 4.79 Å². The molecule has 0 radical (unpaired) electrons. The number of carbonyl (C=O) groups excluding carboxylic acids is 1. The minimum Gasteiger partial charge on any atom is -0.403 e. The van der Waals surface area contributed by atoms with E-state index in [-0.39, 0.29) is 6.01 Å². The average molecular weight is 189 g/mol. The van der Waals surface area contributed by atoms with Gasteiger partial charge in [-0.1, -0.05) is 23.3 Å². The number of carbonyl (C=O) groups is 1. The standard InChI is InChI=1S/C9H7N3O2/c13-6-10-9-12-11-8(14-9)7-4-2-1-3-5-7/h1-6H,(H,10,12,13). The fourth-order valence-corrected chi connectivity index (χ4v) is 1.03. The van der Waals surface area contributed by atoms with Gasteiger partial charge in [0.2, 0.25) is 12.3 Å². The van der Waals surface area contributed by atoms with Crippen molar-refractivity contribution in [3.63, 3.8) is 0 Å². The Morgan fingerprint density at radius 3 is 2.71 bits per heavy atom. The second kappa shape index (κ2) is 3.69. The fourth-order valence-electron chi connectivity index (χ4n) is 1.03. The molecule has 1 heterocycles. The molecule has 2 aromatic rings. The van der Waals surface area contributed by atoms with Crippen molar-refractivity contribution in [3.05, 3.63) is 30.3 Å². The summed E-state index contributed by atoms with van der Waals surface area (Å²) in [7, 11) is 0. The van der Waals surface area contributed by atoms with Crippen molar-refractivity contribution in [1.29, 1.82) is 0 Å². The molecule has 0 bridgehead atoms. The van der Waals surface area contributed by atoms with Gasteiger partial charge in [0.1, 0.15) is 0 Å². The van der Waals surface area contributed by atoms with Crippen LogP contribution in [0.5, 0.6) is 0 Å². The van der Waals surface area contributed by atoms with Crippen molar-refractivity contribution in [3.8, 4) is 11.5 Å². The van der Waals surface area contributed by atoms with Crippen LogP contribution < -0.4 is 5.32 Å². The number of nitrogens with zero attached hydrogens (tertiary/aromatic N) is 2. The third-order valence-electron chi connectivity index (χ3n) is 1.63. The molecule has 0 aliphatic rings. The highest BCUT2D eigenvalue weighted by atomic mass is 16.4. The molecule has 1 N–H and O–H groups in total. The molecule has 0 spiro atoms. The highest BCUT2D eigenvalue weighted by Crippen LogP contribution is 2.18. The maximum atomic E-state index is 10.1. The highest BCUT2D eigenvalue weighted by Gasteiger charge is 2.06. The van der Waals surface area contributed by atoms with Crippen LogP contribution in [0.4, 0.5) is 6.01 Å². The number of nitrogens with one attached hydrogen (secondary N) is 1. The first-order chi connectivity index (χ1) is 6.90. The zero-order valence-corrected chi connectivity index (χ0v) is 7.18. The number of aromatic nitrogens is 2. The SMILES string of the molecule is O=CNc1nnc(-c2ccccc2)o1. The van der Waals surface area contributed by atoms with E-state index in [1.54, 1.807) is 0 Å². The van der Waals surface area contributed by atoms with Crippen LogP contribution in [-0.4, -0.2) is 16.6 Å².